The van der Waals surface area contributed by atoms with Crippen LogP contribution in [0.5, 0.6) is 0 Å². The largest absolute Gasteiger partial charge is 0.275 e. The van der Waals surface area contributed by atoms with E-state index in [4.69, 9.17) is 4.84 Å². The number of nitrogens with zero attached hydrogens (tertiary/aromatic N) is 1. The maximum atomic E-state index is 11.8. The zero-order valence-electron chi connectivity index (χ0n) is 9.93. The van der Waals surface area contributed by atoms with Gasteiger partial charge in [0.2, 0.25) is 5.91 Å². The molecule has 1 aliphatic rings. The molecule has 0 spiro atoms. The lowest BCUT2D eigenvalue weighted by Crippen LogP contribution is -2.27. The predicted octanol–water partition coefficient (Wildman–Crippen LogP) is 2.12. The van der Waals surface area contributed by atoms with E-state index in [-0.39, 0.29) is 11.8 Å². The van der Waals surface area contributed by atoms with Crippen molar-refractivity contribution >= 4 is 5.91 Å². The van der Waals surface area contributed by atoms with Crippen LogP contribution >= 0.6 is 0 Å². The molecule has 1 aliphatic carbocycles. The Balaban J connectivity index is 2.04. The number of benzene rings is 1. The lowest BCUT2D eigenvalue weighted by molar-refractivity contribution is -0.170. The van der Waals surface area contributed by atoms with Gasteiger partial charge in [0.05, 0.1) is 7.11 Å². The van der Waals surface area contributed by atoms with Gasteiger partial charge in [0.25, 0.3) is 0 Å². The van der Waals surface area contributed by atoms with Crippen LogP contribution in [0.4, 0.5) is 0 Å². The summed E-state index contributed by atoms with van der Waals surface area (Å²) in [6, 6.07) is 8.37. The van der Waals surface area contributed by atoms with E-state index in [2.05, 4.69) is 25.1 Å². The van der Waals surface area contributed by atoms with Gasteiger partial charge in [0.1, 0.15) is 0 Å². The highest BCUT2D eigenvalue weighted by Gasteiger charge is 2.45. The van der Waals surface area contributed by atoms with Crippen LogP contribution in [-0.2, 0) is 9.63 Å². The number of aryl methyl sites for hydroxylation is 1. The van der Waals surface area contributed by atoms with E-state index in [0.717, 1.165) is 6.42 Å². The van der Waals surface area contributed by atoms with Gasteiger partial charge in [-0.1, -0.05) is 29.8 Å². The van der Waals surface area contributed by atoms with Gasteiger partial charge >= 0.3 is 0 Å². The van der Waals surface area contributed by atoms with E-state index in [1.54, 1.807) is 7.05 Å². The second-order valence-corrected chi connectivity index (χ2v) is 4.38. The minimum absolute atomic E-state index is 0.0778. The van der Waals surface area contributed by atoms with E-state index < -0.39 is 0 Å². The molecule has 0 radical (unpaired) electrons. The second kappa shape index (κ2) is 4.26. The summed E-state index contributed by atoms with van der Waals surface area (Å²) in [7, 11) is 3.18. The lowest BCUT2D eigenvalue weighted by Gasteiger charge is -2.13. The molecule has 2 rings (SSSR count). The topological polar surface area (TPSA) is 29.5 Å². The fraction of sp³-hybridized carbons (Fsp3) is 0.462. The van der Waals surface area contributed by atoms with Gasteiger partial charge in [-0.25, -0.2) is 5.06 Å². The van der Waals surface area contributed by atoms with E-state index in [9.17, 15) is 4.79 Å². The van der Waals surface area contributed by atoms with Gasteiger partial charge in [-0.05, 0) is 24.8 Å². The standard InChI is InChI=1S/C13H17NO2/c1-9-5-4-6-10(7-9)11-8-12(11)13(15)14(2)16-3/h4-7,11-12H,8H2,1-3H3/t11-,12+/m1/s1. The minimum atomic E-state index is 0.0778. The Labute approximate surface area is 96.0 Å². The third kappa shape index (κ3) is 2.09. The summed E-state index contributed by atoms with van der Waals surface area (Å²) in [5.74, 6) is 0.561. The molecule has 1 fully saturated rings. The van der Waals surface area contributed by atoms with Gasteiger partial charge in [-0.3, -0.25) is 9.63 Å². The molecular weight excluding hydrogens is 202 g/mol. The Kier molecular flexibility index (Phi) is 2.97. The molecule has 0 bridgehead atoms. The summed E-state index contributed by atoms with van der Waals surface area (Å²) in [6.07, 6.45) is 0.940. The van der Waals surface area contributed by atoms with Crippen LogP contribution in [0.2, 0.25) is 0 Å². The first-order valence-corrected chi connectivity index (χ1v) is 5.51. The molecule has 0 saturated heterocycles. The highest BCUT2D eigenvalue weighted by Crippen LogP contribution is 2.48. The Hall–Kier alpha value is -1.35. The van der Waals surface area contributed by atoms with Gasteiger partial charge in [0.15, 0.2) is 0 Å². The molecule has 0 heterocycles. The van der Waals surface area contributed by atoms with E-state index >= 15 is 0 Å². The molecule has 86 valence electrons. The molecule has 0 aliphatic heterocycles. The van der Waals surface area contributed by atoms with Crippen molar-refractivity contribution in [3.63, 3.8) is 0 Å². The number of hydrogen-bond donors (Lipinski definition) is 0. The zero-order valence-corrected chi connectivity index (χ0v) is 9.93. The first-order valence-electron chi connectivity index (χ1n) is 5.51. The Morgan fingerprint density at radius 2 is 2.25 bits per heavy atom. The predicted molar refractivity (Wildman–Crippen MR) is 61.8 cm³/mol. The molecule has 1 saturated carbocycles. The summed E-state index contributed by atoms with van der Waals surface area (Å²) in [4.78, 5) is 16.7. The van der Waals surface area contributed by atoms with Crippen molar-refractivity contribution in [1.82, 2.24) is 5.06 Å². The van der Waals surface area contributed by atoms with Crippen molar-refractivity contribution in [2.75, 3.05) is 14.2 Å². The maximum absolute atomic E-state index is 11.8. The molecule has 1 aromatic rings. The highest BCUT2D eigenvalue weighted by molar-refractivity contribution is 5.81. The van der Waals surface area contributed by atoms with Crippen molar-refractivity contribution in [3.8, 4) is 0 Å². The number of rotatable bonds is 3. The summed E-state index contributed by atoms with van der Waals surface area (Å²) in [6.45, 7) is 2.07. The summed E-state index contributed by atoms with van der Waals surface area (Å²) >= 11 is 0. The number of hydrogen-bond acceptors (Lipinski definition) is 2. The van der Waals surface area contributed by atoms with Crippen LogP contribution in [0.3, 0.4) is 0 Å². The quantitative estimate of drug-likeness (QED) is 0.729. The average molecular weight is 219 g/mol. The van der Waals surface area contributed by atoms with Crippen LogP contribution in [-0.4, -0.2) is 25.1 Å². The van der Waals surface area contributed by atoms with Crippen molar-refractivity contribution in [2.45, 2.75) is 19.3 Å². The van der Waals surface area contributed by atoms with Crippen LogP contribution in [0.15, 0.2) is 24.3 Å². The van der Waals surface area contributed by atoms with Crippen LogP contribution in [0.25, 0.3) is 0 Å². The SMILES string of the molecule is CON(C)C(=O)[C@H]1C[C@@H]1c1cccc(C)c1. The van der Waals surface area contributed by atoms with E-state index in [1.807, 2.05) is 6.07 Å². The van der Waals surface area contributed by atoms with Crippen LogP contribution in [0.1, 0.15) is 23.5 Å². The molecule has 16 heavy (non-hydrogen) atoms. The normalized spacial score (nSPS) is 22.9. The first kappa shape index (κ1) is 11.1. The minimum Gasteiger partial charge on any atom is -0.275 e. The van der Waals surface area contributed by atoms with Crippen molar-refractivity contribution in [1.29, 1.82) is 0 Å². The van der Waals surface area contributed by atoms with Crippen molar-refractivity contribution in [3.05, 3.63) is 35.4 Å². The van der Waals surface area contributed by atoms with E-state index in [0.29, 0.717) is 5.92 Å². The number of hydroxylamine groups is 2. The molecule has 0 aromatic heterocycles. The molecule has 3 heteroatoms. The summed E-state index contributed by atoms with van der Waals surface area (Å²) in [5, 5.41) is 1.32. The smallest absolute Gasteiger partial charge is 0.249 e. The third-order valence-corrected chi connectivity index (χ3v) is 3.16. The zero-order chi connectivity index (χ0) is 11.7. The fourth-order valence-corrected chi connectivity index (χ4v) is 2.06. The second-order valence-electron chi connectivity index (χ2n) is 4.38. The van der Waals surface area contributed by atoms with Crippen molar-refractivity contribution in [2.24, 2.45) is 5.92 Å². The monoisotopic (exact) mass is 219 g/mol. The Morgan fingerprint density at radius 1 is 1.50 bits per heavy atom. The van der Waals surface area contributed by atoms with E-state index in [1.165, 1.54) is 23.3 Å². The van der Waals surface area contributed by atoms with Crippen molar-refractivity contribution < 1.29 is 9.63 Å². The number of carbonyl (C=O) groups is 1. The molecule has 3 nitrogen and oxygen atoms in total. The van der Waals surface area contributed by atoms with Gasteiger partial charge in [-0.2, -0.15) is 0 Å². The van der Waals surface area contributed by atoms with Gasteiger partial charge in [-0.15, -0.1) is 0 Å². The lowest BCUT2D eigenvalue weighted by atomic mass is 10.1. The highest BCUT2D eigenvalue weighted by atomic mass is 16.7. The molecule has 2 atom stereocenters. The average Bonchev–Trinajstić information content (AvgIpc) is 3.07. The first-order chi connectivity index (χ1) is 7.63. The van der Waals surface area contributed by atoms with Crippen LogP contribution in [0, 0.1) is 12.8 Å². The molecule has 1 amide bonds. The Morgan fingerprint density at radius 3 is 2.88 bits per heavy atom. The number of amides is 1. The fourth-order valence-electron chi connectivity index (χ4n) is 2.06. The summed E-state index contributed by atoms with van der Waals surface area (Å²) < 4.78 is 0. The molecule has 0 unspecified atom stereocenters. The van der Waals surface area contributed by atoms with Crippen LogP contribution < -0.4 is 0 Å². The molecule has 1 aromatic carbocycles. The van der Waals surface area contributed by atoms with Gasteiger partial charge < -0.3 is 0 Å². The van der Waals surface area contributed by atoms with Gasteiger partial charge in [0, 0.05) is 13.0 Å². The third-order valence-electron chi connectivity index (χ3n) is 3.16. The summed E-state index contributed by atoms with van der Waals surface area (Å²) in [5.41, 5.74) is 2.51. The Bertz CT molecular complexity index is 403. The number of carbonyl (C=O) groups excluding carboxylic acids is 1. The molecular formula is C13H17NO2. The molecule has 0 N–H and O–H groups in total. The maximum Gasteiger partial charge on any atom is 0.249 e.